The van der Waals surface area contributed by atoms with E-state index in [4.69, 9.17) is 0 Å². The van der Waals surface area contributed by atoms with Crippen LogP contribution in [-0.2, 0) is 4.79 Å². The van der Waals surface area contributed by atoms with Crippen LogP contribution in [0.15, 0.2) is 78.3 Å². The third-order valence-electron chi connectivity index (χ3n) is 6.46. The molecule has 5 rings (SSSR count). The van der Waals surface area contributed by atoms with Gasteiger partial charge in [0.05, 0.1) is 10.4 Å². The topological polar surface area (TPSA) is 62.3 Å². The number of anilines is 1. The number of carbonyl (C=O) groups excluding carboxylic acids is 2. The Morgan fingerprint density at radius 2 is 1.80 bits per heavy atom. The van der Waals surface area contributed by atoms with Gasteiger partial charge in [0.1, 0.15) is 11.9 Å². The molecule has 0 bridgehead atoms. The Hall–Kier alpha value is -3.58. The van der Waals surface area contributed by atoms with Gasteiger partial charge in [-0.05, 0) is 72.3 Å². The monoisotopic (exact) mass is 487 g/mol. The number of fused-ring (bicyclic) bond motifs is 1. The van der Waals surface area contributed by atoms with Crippen LogP contribution in [0.4, 0.5) is 10.1 Å². The zero-order valence-corrected chi connectivity index (χ0v) is 20.0. The smallest absolute Gasteiger partial charge is 0.269 e. The highest BCUT2D eigenvalue weighted by molar-refractivity contribution is 7.12. The van der Waals surface area contributed by atoms with Crippen LogP contribution in [0.3, 0.4) is 0 Å². The molecule has 1 saturated carbocycles. The van der Waals surface area contributed by atoms with E-state index in [1.165, 1.54) is 34.8 Å². The summed E-state index contributed by atoms with van der Waals surface area (Å²) in [7, 11) is 0. The van der Waals surface area contributed by atoms with Crippen molar-refractivity contribution in [3.63, 3.8) is 0 Å². The molecule has 5 nitrogen and oxygen atoms in total. The molecular formula is C28H26FN3O2S. The van der Waals surface area contributed by atoms with Gasteiger partial charge in [-0.1, -0.05) is 37.5 Å². The fourth-order valence-corrected chi connectivity index (χ4v) is 5.37. The molecule has 1 aliphatic carbocycles. The highest BCUT2D eigenvalue weighted by Crippen LogP contribution is 2.33. The Morgan fingerprint density at radius 3 is 2.54 bits per heavy atom. The average Bonchev–Trinajstić information content (AvgIpc) is 3.43. The van der Waals surface area contributed by atoms with Crippen molar-refractivity contribution in [2.45, 2.75) is 44.2 Å². The predicted octanol–water partition coefficient (Wildman–Crippen LogP) is 6.27. The Morgan fingerprint density at radius 1 is 1.00 bits per heavy atom. The summed E-state index contributed by atoms with van der Waals surface area (Å²) in [6.07, 6.45) is 6.90. The van der Waals surface area contributed by atoms with Crippen LogP contribution in [0, 0.1) is 5.82 Å². The van der Waals surface area contributed by atoms with E-state index in [9.17, 15) is 14.0 Å². The van der Waals surface area contributed by atoms with Crippen molar-refractivity contribution in [1.82, 2.24) is 10.3 Å². The Balaban J connectivity index is 1.62. The maximum absolute atomic E-state index is 13.9. The normalized spacial score (nSPS) is 15.0. The van der Waals surface area contributed by atoms with E-state index in [-0.39, 0.29) is 17.9 Å². The minimum Gasteiger partial charge on any atom is -0.351 e. The van der Waals surface area contributed by atoms with Crippen LogP contribution in [0.2, 0.25) is 0 Å². The number of nitrogens with one attached hydrogen (secondary N) is 1. The first-order valence-electron chi connectivity index (χ1n) is 11.9. The van der Waals surface area contributed by atoms with Crippen LogP contribution < -0.4 is 10.2 Å². The third kappa shape index (κ3) is 5.10. The van der Waals surface area contributed by atoms with Crippen molar-refractivity contribution in [2.75, 3.05) is 4.90 Å². The molecule has 1 atom stereocenters. The number of benzene rings is 2. The second-order valence-electron chi connectivity index (χ2n) is 8.83. The summed E-state index contributed by atoms with van der Waals surface area (Å²) in [4.78, 5) is 34.1. The van der Waals surface area contributed by atoms with Gasteiger partial charge < -0.3 is 5.32 Å². The minimum absolute atomic E-state index is 0.0766. The molecule has 0 unspecified atom stereocenters. The Bertz CT molecular complexity index is 1320. The number of hydrogen-bond acceptors (Lipinski definition) is 4. The summed E-state index contributed by atoms with van der Waals surface area (Å²) in [6, 6.07) is 17.8. The van der Waals surface area contributed by atoms with Gasteiger partial charge in [0.2, 0.25) is 5.91 Å². The Kier molecular flexibility index (Phi) is 6.86. The summed E-state index contributed by atoms with van der Waals surface area (Å²) >= 11 is 1.31. The lowest BCUT2D eigenvalue weighted by molar-refractivity contribution is -0.123. The number of pyridine rings is 1. The number of aromatic nitrogens is 1. The second kappa shape index (κ2) is 10.4. The van der Waals surface area contributed by atoms with Crippen LogP contribution in [-0.4, -0.2) is 22.8 Å². The molecule has 7 heteroatoms. The van der Waals surface area contributed by atoms with Crippen molar-refractivity contribution < 1.29 is 14.0 Å². The molecule has 2 aromatic carbocycles. The van der Waals surface area contributed by atoms with Crippen LogP contribution >= 0.6 is 11.3 Å². The molecule has 0 saturated heterocycles. The zero-order valence-electron chi connectivity index (χ0n) is 19.2. The Labute approximate surface area is 207 Å². The maximum Gasteiger partial charge on any atom is 0.269 e. The summed E-state index contributed by atoms with van der Waals surface area (Å²) in [5.41, 5.74) is 1.94. The molecular weight excluding hydrogens is 461 g/mol. The van der Waals surface area contributed by atoms with Crippen molar-refractivity contribution >= 4 is 39.7 Å². The fourth-order valence-electron chi connectivity index (χ4n) is 4.71. The molecule has 1 aliphatic rings. The lowest BCUT2D eigenvalue weighted by atomic mass is 9.94. The van der Waals surface area contributed by atoms with Gasteiger partial charge in [-0.2, -0.15) is 0 Å². The molecule has 2 heterocycles. The standard InChI is InChI=1S/C28H26FN3O2S/c29-21-11-13-23(14-12-21)32(28(34)25-9-5-17-35-25)26(27(33)31-22-7-2-1-3-8-22)20-10-15-24-19(18-20)6-4-16-30-24/h4-6,9-18,22,26H,1-3,7-8H2,(H,31,33)/t26-/m1/s1. The van der Waals surface area contributed by atoms with Gasteiger partial charge in [-0.3, -0.25) is 19.5 Å². The van der Waals surface area contributed by atoms with Crippen LogP contribution in [0.1, 0.15) is 53.4 Å². The molecule has 0 radical (unpaired) electrons. The first-order chi connectivity index (χ1) is 17.1. The first kappa shape index (κ1) is 23.2. The van der Waals surface area contributed by atoms with E-state index in [1.54, 1.807) is 30.5 Å². The maximum atomic E-state index is 13.9. The van der Waals surface area contributed by atoms with Gasteiger partial charge in [0, 0.05) is 23.3 Å². The lowest BCUT2D eigenvalue weighted by Gasteiger charge is -2.33. The molecule has 2 aromatic heterocycles. The van der Waals surface area contributed by atoms with Crippen molar-refractivity contribution in [3.8, 4) is 0 Å². The van der Waals surface area contributed by atoms with Gasteiger partial charge in [-0.25, -0.2) is 4.39 Å². The molecule has 0 spiro atoms. The minimum atomic E-state index is -0.929. The molecule has 178 valence electrons. The summed E-state index contributed by atoms with van der Waals surface area (Å²) in [6.45, 7) is 0. The lowest BCUT2D eigenvalue weighted by Crippen LogP contribution is -2.47. The zero-order chi connectivity index (χ0) is 24.2. The fraction of sp³-hybridized carbons (Fsp3) is 0.250. The molecule has 0 aliphatic heterocycles. The molecule has 1 fully saturated rings. The third-order valence-corrected chi connectivity index (χ3v) is 7.31. The number of hydrogen-bond donors (Lipinski definition) is 1. The number of rotatable bonds is 6. The van der Waals surface area contributed by atoms with Gasteiger partial charge in [0.25, 0.3) is 5.91 Å². The van der Waals surface area contributed by atoms with E-state index in [1.807, 2.05) is 35.7 Å². The molecule has 2 amide bonds. The molecule has 4 aromatic rings. The number of carbonyl (C=O) groups is 2. The van der Waals surface area contributed by atoms with E-state index >= 15 is 0 Å². The number of amides is 2. The van der Waals surface area contributed by atoms with E-state index < -0.39 is 11.9 Å². The summed E-state index contributed by atoms with van der Waals surface area (Å²) < 4.78 is 13.8. The van der Waals surface area contributed by atoms with Crippen molar-refractivity contribution in [1.29, 1.82) is 0 Å². The molecule has 35 heavy (non-hydrogen) atoms. The highest BCUT2D eigenvalue weighted by atomic mass is 32.1. The first-order valence-corrected chi connectivity index (χ1v) is 12.8. The predicted molar refractivity (Wildman–Crippen MR) is 137 cm³/mol. The van der Waals surface area contributed by atoms with Gasteiger partial charge >= 0.3 is 0 Å². The number of halogens is 1. The van der Waals surface area contributed by atoms with E-state index in [0.717, 1.165) is 36.6 Å². The average molecular weight is 488 g/mol. The van der Waals surface area contributed by atoms with Crippen molar-refractivity contribution in [2.24, 2.45) is 0 Å². The van der Waals surface area contributed by atoms with Crippen LogP contribution in [0.5, 0.6) is 0 Å². The summed E-state index contributed by atoms with van der Waals surface area (Å²) in [5.74, 6) is -0.951. The van der Waals surface area contributed by atoms with Gasteiger partial charge in [-0.15, -0.1) is 11.3 Å². The van der Waals surface area contributed by atoms with Crippen molar-refractivity contribution in [3.05, 3.63) is 94.6 Å². The van der Waals surface area contributed by atoms with E-state index in [2.05, 4.69) is 10.3 Å². The summed E-state index contributed by atoms with van der Waals surface area (Å²) in [5, 5.41) is 5.91. The highest BCUT2D eigenvalue weighted by Gasteiger charge is 2.35. The SMILES string of the molecule is O=C(NC1CCCCC1)[C@@H](c1ccc2ncccc2c1)N(C(=O)c1cccs1)c1ccc(F)cc1. The van der Waals surface area contributed by atoms with E-state index in [0.29, 0.717) is 16.1 Å². The van der Waals surface area contributed by atoms with Crippen LogP contribution in [0.25, 0.3) is 10.9 Å². The number of thiophene rings is 1. The largest absolute Gasteiger partial charge is 0.351 e. The number of nitrogens with zero attached hydrogens (tertiary/aromatic N) is 2. The quantitative estimate of drug-likeness (QED) is 0.349. The molecule has 1 N–H and O–H groups in total. The second-order valence-corrected chi connectivity index (χ2v) is 9.78. The van der Waals surface area contributed by atoms with Gasteiger partial charge in [0.15, 0.2) is 0 Å².